The van der Waals surface area contributed by atoms with Gasteiger partial charge in [-0.15, -0.1) is 11.3 Å². The number of nitrogens with two attached hydrogens (primary N) is 1. The van der Waals surface area contributed by atoms with E-state index in [4.69, 9.17) is 17.3 Å². The second kappa shape index (κ2) is 5.73. The number of rotatable bonds is 1. The molecule has 124 valence electrons. The van der Waals surface area contributed by atoms with E-state index in [0.29, 0.717) is 22.8 Å². The average molecular weight is 370 g/mol. The molecular weight excluding hydrogens is 356 g/mol. The number of nitriles is 1. The lowest BCUT2D eigenvalue weighted by Gasteiger charge is -2.23. The number of nitrogen functional groups attached to an aromatic ring is 1. The van der Waals surface area contributed by atoms with E-state index in [1.165, 1.54) is 11.3 Å². The third-order valence-electron chi connectivity index (χ3n) is 4.57. The molecule has 2 aromatic heterocycles. The van der Waals surface area contributed by atoms with Crippen molar-refractivity contribution in [3.05, 3.63) is 51.5 Å². The molecule has 0 spiro atoms. The van der Waals surface area contributed by atoms with Gasteiger partial charge in [0, 0.05) is 22.9 Å². The zero-order valence-corrected chi connectivity index (χ0v) is 14.9. The number of aromatic nitrogens is 1. The fourth-order valence-electron chi connectivity index (χ4n) is 3.40. The highest BCUT2D eigenvalue weighted by atomic mass is 35.5. The Morgan fingerprint density at radius 3 is 2.92 bits per heavy atom. The maximum absolute atomic E-state index is 12.2. The predicted molar refractivity (Wildman–Crippen MR) is 98.8 cm³/mol. The molecule has 5 nitrogen and oxygen atoms in total. The van der Waals surface area contributed by atoms with Crippen LogP contribution in [-0.2, 0) is 4.79 Å². The number of nitrogens with zero attached hydrogens (tertiary/aromatic N) is 1. The number of hydrogen-bond acceptors (Lipinski definition) is 4. The van der Waals surface area contributed by atoms with Gasteiger partial charge in [0.2, 0.25) is 5.91 Å². The lowest BCUT2D eigenvalue weighted by atomic mass is 9.86. The zero-order chi connectivity index (χ0) is 17.7. The number of amides is 1. The highest BCUT2D eigenvalue weighted by Crippen LogP contribution is 2.47. The quantitative estimate of drug-likeness (QED) is 0.686. The Kier molecular flexibility index (Phi) is 3.64. The van der Waals surface area contributed by atoms with Crippen LogP contribution in [-0.4, -0.2) is 5.91 Å². The maximum Gasteiger partial charge on any atom is 0.289 e. The summed E-state index contributed by atoms with van der Waals surface area (Å²) in [5, 5.41) is 13.7. The summed E-state index contributed by atoms with van der Waals surface area (Å²) in [4.78, 5) is 15.4. The molecule has 0 saturated heterocycles. The number of aromatic amines is 1. The van der Waals surface area contributed by atoms with Gasteiger partial charge in [0.05, 0.1) is 4.70 Å². The summed E-state index contributed by atoms with van der Waals surface area (Å²) in [6.07, 6.45) is 0.315. The molecule has 4 rings (SSSR count). The number of anilines is 2. The Hall–Kier alpha value is -2.62. The Balaban J connectivity index is 2.05. The van der Waals surface area contributed by atoms with E-state index < -0.39 is 0 Å². The minimum Gasteiger partial charge on any atom is -0.317 e. The van der Waals surface area contributed by atoms with Crippen LogP contribution in [0, 0.1) is 18.3 Å². The van der Waals surface area contributed by atoms with Crippen molar-refractivity contribution in [3.8, 4) is 6.07 Å². The lowest BCUT2D eigenvalue weighted by molar-refractivity contribution is -0.327. The minimum absolute atomic E-state index is 0.0462. The van der Waals surface area contributed by atoms with Crippen LogP contribution in [0.4, 0.5) is 10.8 Å². The lowest BCUT2D eigenvalue weighted by Crippen LogP contribution is -2.24. The number of carbonyl (C=O) groups is 1. The molecule has 1 aromatic carbocycles. The highest BCUT2D eigenvalue weighted by molar-refractivity contribution is 7.23. The van der Waals surface area contributed by atoms with Gasteiger partial charge in [0.1, 0.15) is 22.2 Å². The normalized spacial score (nSPS) is 16.4. The summed E-state index contributed by atoms with van der Waals surface area (Å²) in [7, 11) is 0. The SMILES string of the molecule is Cc1c(C#N)c(N)[nH+]c2c3c(sc12)NC(=O)C[C@H]3c1ccccc1Cl. The summed E-state index contributed by atoms with van der Waals surface area (Å²) in [5.74, 6) is 0.132. The van der Waals surface area contributed by atoms with Crippen LogP contribution in [0.1, 0.15) is 34.6 Å². The van der Waals surface area contributed by atoms with Crippen molar-refractivity contribution in [1.82, 2.24) is 0 Å². The molecule has 3 aromatic rings. The second-order valence-electron chi connectivity index (χ2n) is 6.03. The molecule has 1 aliphatic rings. The number of fused-ring (bicyclic) bond motifs is 3. The molecule has 0 radical (unpaired) electrons. The van der Waals surface area contributed by atoms with Gasteiger partial charge in [-0.05, 0) is 24.1 Å². The fourth-order valence-corrected chi connectivity index (χ4v) is 4.91. The van der Waals surface area contributed by atoms with E-state index in [0.717, 1.165) is 31.9 Å². The van der Waals surface area contributed by atoms with Gasteiger partial charge in [0.15, 0.2) is 0 Å². The van der Waals surface area contributed by atoms with Crippen LogP contribution < -0.4 is 16.0 Å². The first-order chi connectivity index (χ1) is 12.0. The molecule has 0 fully saturated rings. The van der Waals surface area contributed by atoms with Crippen molar-refractivity contribution in [2.45, 2.75) is 19.3 Å². The van der Waals surface area contributed by atoms with Crippen LogP contribution in [0.2, 0.25) is 5.02 Å². The van der Waals surface area contributed by atoms with Crippen molar-refractivity contribution in [2.24, 2.45) is 0 Å². The first kappa shape index (κ1) is 15.9. The van der Waals surface area contributed by atoms with E-state index in [1.807, 2.05) is 31.2 Å². The number of hydrogen-bond donors (Lipinski definition) is 2. The minimum atomic E-state index is -0.158. The Bertz CT molecular complexity index is 1080. The number of carbonyl (C=O) groups excluding carboxylic acids is 1. The molecule has 0 bridgehead atoms. The van der Waals surface area contributed by atoms with Crippen molar-refractivity contribution in [3.63, 3.8) is 0 Å². The van der Waals surface area contributed by atoms with Gasteiger partial charge in [0.25, 0.3) is 5.82 Å². The monoisotopic (exact) mass is 369 g/mol. The first-order valence-electron chi connectivity index (χ1n) is 7.73. The number of benzene rings is 1. The number of pyridine rings is 1. The summed E-state index contributed by atoms with van der Waals surface area (Å²) in [6, 6.07) is 9.70. The molecule has 4 N–H and O–H groups in total. The smallest absolute Gasteiger partial charge is 0.289 e. The fraction of sp³-hybridized carbons (Fsp3) is 0.167. The second-order valence-corrected chi connectivity index (χ2v) is 7.45. The number of H-pyrrole nitrogens is 1. The predicted octanol–water partition coefficient (Wildman–Crippen LogP) is 3.61. The van der Waals surface area contributed by atoms with Gasteiger partial charge >= 0.3 is 0 Å². The largest absolute Gasteiger partial charge is 0.317 e. The van der Waals surface area contributed by atoms with Gasteiger partial charge in [-0.1, -0.05) is 29.8 Å². The Morgan fingerprint density at radius 2 is 2.20 bits per heavy atom. The molecule has 25 heavy (non-hydrogen) atoms. The van der Waals surface area contributed by atoms with E-state index >= 15 is 0 Å². The van der Waals surface area contributed by atoms with Crippen LogP contribution >= 0.6 is 22.9 Å². The number of halogens is 1. The maximum atomic E-state index is 12.2. The average Bonchev–Trinajstić information content (AvgIpc) is 2.93. The molecule has 0 unspecified atom stereocenters. The topological polar surface area (TPSA) is 93.1 Å². The van der Waals surface area contributed by atoms with Crippen LogP contribution in [0.3, 0.4) is 0 Å². The summed E-state index contributed by atoms with van der Waals surface area (Å²) >= 11 is 7.85. The number of nitrogens with one attached hydrogen (secondary N) is 2. The van der Waals surface area contributed by atoms with Crippen molar-refractivity contribution >= 4 is 49.9 Å². The van der Waals surface area contributed by atoms with E-state index in [-0.39, 0.29) is 11.8 Å². The first-order valence-corrected chi connectivity index (χ1v) is 8.92. The molecule has 0 saturated carbocycles. The van der Waals surface area contributed by atoms with E-state index in [2.05, 4.69) is 16.4 Å². The Morgan fingerprint density at radius 1 is 1.44 bits per heavy atom. The van der Waals surface area contributed by atoms with E-state index in [1.54, 1.807) is 0 Å². The van der Waals surface area contributed by atoms with Gasteiger partial charge < -0.3 is 5.32 Å². The van der Waals surface area contributed by atoms with Gasteiger partial charge in [-0.2, -0.15) is 5.26 Å². The molecule has 1 atom stereocenters. The van der Waals surface area contributed by atoms with Crippen LogP contribution in [0.25, 0.3) is 10.2 Å². The van der Waals surface area contributed by atoms with Crippen LogP contribution in [0.15, 0.2) is 24.3 Å². The number of thiophene rings is 1. The molecule has 1 amide bonds. The van der Waals surface area contributed by atoms with Crippen molar-refractivity contribution in [2.75, 3.05) is 11.1 Å². The van der Waals surface area contributed by atoms with Gasteiger partial charge in [-0.3, -0.25) is 10.5 Å². The summed E-state index contributed by atoms with van der Waals surface area (Å²) in [6.45, 7) is 1.87. The summed E-state index contributed by atoms with van der Waals surface area (Å²) < 4.78 is 0.926. The molecule has 0 aliphatic carbocycles. The number of aryl methyl sites for hydroxylation is 1. The van der Waals surface area contributed by atoms with Gasteiger partial charge in [-0.25, -0.2) is 4.98 Å². The molecule has 7 heteroatoms. The van der Waals surface area contributed by atoms with Crippen molar-refractivity contribution < 1.29 is 9.78 Å². The highest BCUT2D eigenvalue weighted by Gasteiger charge is 2.34. The summed E-state index contributed by atoms with van der Waals surface area (Å²) in [5.41, 5.74) is 10.1. The third-order valence-corrected chi connectivity index (χ3v) is 6.16. The van der Waals surface area contributed by atoms with Crippen molar-refractivity contribution in [1.29, 1.82) is 5.26 Å². The molecule has 3 heterocycles. The van der Waals surface area contributed by atoms with Crippen LogP contribution in [0.5, 0.6) is 0 Å². The van der Waals surface area contributed by atoms with E-state index in [9.17, 15) is 10.1 Å². The molecular formula is C18H14ClN4OS+. The zero-order valence-electron chi connectivity index (χ0n) is 13.3. The molecule has 1 aliphatic heterocycles. The third kappa shape index (κ3) is 2.36. The Labute approximate surface area is 153 Å². The standard InChI is InChI=1S/C18H13ClN4OS/c1-8-11(7-20)17(21)23-15-14-10(9-4-2-3-5-12(9)19)6-13(24)22-18(14)25-16(8)15/h2-5,10H,6H2,1H3,(H2,21,23)(H,22,24)/p+1/t10-/m0/s1.